The standard InChI is InChI=1S/C17H21N3O2S/c1-11-16(13(3)21-18-11)8-20(7-15-5-6-23-10-15)9-17-12(2)19-22-14(17)4/h5-6,10H,7-9H2,1-4H3. The van der Waals surface area contributed by atoms with Crippen LogP contribution in [0.5, 0.6) is 0 Å². The summed E-state index contributed by atoms with van der Waals surface area (Å²) in [5.41, 5.74) is 5.54. The van der Waals surface area contributed by atoms with Crippen LogP contribution in [0.15, 0.2) is 25.9 Å². The molecule has 3 aromatic rings. The molecule has 0 spiro atoms. The van der Waals surface area contributed by atoms with Crippen molar-refractivity contribution < 1.29 is 9.05 Å². The molecule has 122 valence electrons. The minimum atomic E-state index is 0.793. The Hall–Kier alpha value is -1.92. The van der Waals surface area contributed by atoms with Crippen molar-refractivity contribution in [1.82, 2.24) is 15.2 Å². The van der Waals surface area contributed by atoms with Gasteiger partial charge in [-0.05, 0) is 50.1 Å². The second-order valence-electron chi connectivity index (χ2n) is 5.88. The molecule has 0 atom stereocenters. The molecule has 0 saturated heterocycles. The van der Waals surface area contributed by atoms with E-state index in [1.807, 2.05) is 27.7 Å². The summed E-state index contributed by atoms with van der Waals surface area (Å²) in [6.07, 6.45) is 0. The first-order valence-corrected chi connectivity index (χ1v) is 8.55. The topological polar surface area (TPSA) is 55.3 Å². The van der Waals surface area contributed by atoms with Crippen molar-refractivity contribution in [3.05, 3.63) is 56.4 Å². The first-order valence-electron chi connectivity index (χ1n) is 7.61. The Labute approximate surface area is 139 Å². The van der Waals surface area contributed by atoms with Crippen molar-refractivity contribution in [2.75, 3.05) is 0 Å². The fourth-order valence-corrected chi connectivity index (χ4v) is 3.37. The van der Waals surface area contributed by atoms with Gasteiger partial charge in [0.2, 0.25) is 0 Å². The highest BCUT2D eigenvalue weighted by Gasteiger charge is 2.18. The van der Waals surface area contributed by atoms with Gasteiger partial charge in [-0.3, -0.25) is 4.90 Å². The Balaban J connectivity index is 1.84. The van der Waals surface area contributed by atoms with Crippen LogP contribution in [0, 0.1) is 27.7 Å². The molecule has 0 amide bonds. The number of nitrogens with zero attached hydrogens (tertiary/aromatic N) is 3. The highest BCUT2D eigenvalue weighted by molar-refractivity contribution is 7.07. The van der Waals surface area contributed by atoms with Gasteiger partial charge in [-0.15, -0.1) is 0 Å². The van der Waals surface area contributed by atoms with Crippen LogP contribution in [0.1, 0.15) is 39.6 Å². The number of rotatable bonds is 6. The molecular weight excluding hydrogens is 310 g/mol. The SMILES string of the molecule is Cc1noc(C)c1CN(Cc1ccsc1)Cc1c(C)noc1C. The van der Waals surface area contributed by atoms with E-state index in [9.17, 15) is 0 Å². The molecule has 6 heteroatoms. The van der Waals surface area contributed by atoms with Gasteiger partial charge in [0.05, 0.1) is 11.4 Å². The fourth-order valence-electron chi connectivity index (χ4n) is 2.71. The van der Waals surface area contributed by atoms with Gasteiger partial charge in [-0.2, -0.15) is 11.3 Å². The summed E-state index contributed by atoms with van der Waals surface area (Å²) in [6, 6.07) is 2.17. The maximum atomic E-state index is 5.31. The van der Waals surface area contributed by atoms with Gasteiger partial charge >= 0.3 is 0 Å². The van der Waals surface area contributed by atoms with Crippen LogP contribution in [0.4, 0.5) is 0 Å². The monoisotopic (exact) mass is 331 g/mol. The average Bonchev–Trinajstić information content (AvgIpc) is 3.21. The molecule has 3 rings (SSSR count). The van der Waals surface area contributed by atoms with Gasteiger partial charge in [0.1, 0.15) is 11.5 Å². The molecule has 0 N–H and O–H groups in total. The number of aromatic nitrogens is 2. The Morgan fingerprint density at radius 2 is 1.48 bits per heavy atom. The molecule has 0 radical (unpaired) electrons. The zero-order chi connectivity index (χ0) is 16.4. The van der Waals surface area contributed by atoms with Crippen molar-refractivity contribution in [2.24, 2.45) is 0 Å². The maximum Gasteiger partial charge on any atom is 0.138 e. The largest absolute Gasteiger partial charge is 0.361 e. The predicted molar refractivity (Wildman–Crippen MR) is 89.2 cm³/mol. The lowest BCUT2D eigenvalue weighted by Gasteiger charge is -2.21. The van der Waals surface area contributed by atoms with Gasteiger partial charge in [-0.25, -0.2) is 0 Å². The van der Waals surface area contributed by atoms with E-state index in [2.05, 4.69) is 32.0 Å². The molecule has 0 fully saturated rings. The van der Waals surface area contributed by atoms with Crippen LogP contribution in [0.25, 0.3) is 0 Å². The Morgan fingerprint density at radius 3 is 1.87 bits per heavy atom. The van der Waals surface area contributed by atoms with E-state index < -0.39 is 0 Å². The van der Waals surface area contributed by atoms with E-state index in [0.717, 1.165) is 53.7 Å². The summed E-state index contributed by atoms with van der Waals surface area (Å²) >= 11 is 1.72. The molecule has 0 bridgehead atoms. The summed E-state index contributed by atoms with van der Waals surface area (Å²) in [6.45, 7) is 10.4. The maximum absolute atomic E-state index is 5.31. The van der Waals surface area contributed by atoms with Gasteiger partial charge in [-0.1, -0.05) is 10.3 Å². The zero-order valence-corrected chi connectivity index (χ0v) is 14.7. The van der Waals surface area contributed by atoms with Crippen molar-refractivity contribution >= 4 is 11.3 Å². The van der Waals surface area contributed by atoms with E-state index in [1.165, 1.54) is 5.56 Å². The smallest absolute Gasteiger partial charge is 0.138 e. The van der Waals surface area contributed by atoms with E-state index in [1.54, 1.807) is 11.3 Å². The first kappa shape index (κ1) is 16.0. The van der Waals surface area contributed by atoms with Crippen LogP contribution in [0.2, 0.25) is 0 Å². The normalized spacial score (nSPS) is 11.5. The van der Waals surface area contributed by atoms with Crippen LogP contribution in [0.3, 0.4) is 0 Å². The van der Waals surface area contributed by atoms with Crippen LogP contribution >= 0.6 is 11.3 Å². The van der Waals surface area contributed by atoms with E-state index in [4.69, 9.17) is 9.05 Å². The Bertz CT molecular complexity index is 687. The quantitative estimate of drug-likeness (QED) is 0.679. The second-order valence-corrected chi connectivity index (χ2v) is 6.66. The number of hydrogen-bond donors (Lipinski definition) is 0. The molecule has 0 aliphatic carbocycles. The van der Waals surface area contributed by atoms with Crippen molar-refractivity contribution in [1.29, 1.82) is 0 Å². The summed E-state index contributed by atoms with van der Waals surface area (Å²) in [5, 5.41) is 12.4. The summed E-state index contributed by atoms with van der Waals surface area (Å²) in [7, 11) is 0. The highest BCUT2D eigenvalue weighted by atomic mass is 32.1. The zero-order valence-electron chi connectivity index (χ0n) is 13.9. The first-order chi connectivity index (χ1) is 11.0. The Morgan fingerprint density at radius 1 is 0.913 bits per heavy atom. The fraction of sp³-hybridized carbons (Fsp3) is 0.412. The molecule has 23 heavy (non-hydrogen) atoms. The highest BCUT2D eigenvalue weighted by Crippen LogP contribution is 2.22. The summed E-state index contributed by atoms with van der Waals surface area (Å²) in [4.78, 5) is 2.38. The molecule has 0 aliphatic heterocycles. The van der Waals surface area contributed by atoms with E-state index >= 15 is 0 Å². The molecule has 3 aromatic heterocycles. The number of aryl methyl sites for hydroxylation is 4. The lowest BCUT2D eigenvalue weighted by atomic mass is 10.1. The summed E-state index contributed by atoms with van der Waals surface area (Å²) in [5.74, 6) is 1.77. The Kier molecular flexibility index (Phi) is 4.63. The molecule has 3 heterocycles. The third-order valence-corrected chi connectivity index (χ3v) is 4.84. The molecule has 5 nitrogen and oxygen atoms in total. The van der Waals surface area contributed by atoms with E-state index in [0.29, 0.717) is 0 Å². The van der Waals surface area contributed by atoms with Crippen molar-refractivity contribution in [2.45, 2.75) is 47.3 Å². The number of hydrogen-bond acceptors (Lipinski definition) is 6. The van der Waals surface area contributed by atoms with Crippen molar-refractivity contribution in [3.8, 4) is 0 Å². The van der Waals surface area contributed by atoms with Gasteiger partial charge in [0, 0.05) is 30.8 Å². The van der Waals surface area contributed by atoms with Crippen LogP contribution in [-0.2, 0) is 19.6 Å². The second kappa shape index (κ2) is 6.68. The lowest BCUT2D eigenvalue weighted by Crippen LogP contribution is -2.23. The van der Waals surface area contributed by atoms with Crippen molar-refractivity contribution in [3.63, 3.8) is 0 Å². The third kappa shape index (κ3) is 3.54. The molecular formula is C17H21N3O2S. The minimum absolute atomic E-state index is 0.793. The van der Waals surface area contributed by atoms with Crippen LogP contribution in [-0.4, -0.2) is 15.2 Å². The van der Waals surface area contributed by atoms with Gasteiger partial charge < -0.3 is 9.05 Å². The predicted octanol–water partition coefficient (Wildman–Crippen LogP) is 4.16. The average molecular weight is 331 g/mol. The third-order valence-electron chi connectivity index (χ3n) is 4.11. The van der Waals surface area contributed by atoms with Gasteiger partial charge in [0.15, 0.2) is 0 Å². The summed E-state index contributed by atoms with van der Waals surface area (Å²) < 4.78 is 10.6. The van der Waals surface area contributed by atoms with Crippen LogP contribution < -0.4 is 0 Å². The molecule has 0 aliphatic rings. The van der Waals surface area contributed by atoms with E-state index in [-0.39, 0.29) is 0 Å². The molecule has 0 aromatic carbocycles. The number of thiophene rings is 1. The van der Waals surface area contributed by atoms with Gasteiger partial charge in [0.25, 0.3) is 0 Å². The lowest BCUT2D eigenvalue weighted by molar-refractivity contribution is 0.244. The minimum Gasteiger partial charge on any atom is -0.361 e. The molecule has 0 unspecified atom stereocenters. The molecule has 0 saturated carbocycles.